The average molecular weight is 181 g/mol. The first-order valence-electron chi connectivity index (χ1n) is 3.61. The second-order valence-electron chi connectivity index (χ2n) is 2.93. The molecule has 68 valence electrons. The van der Waals surface area contributed by atoms with Gasteiger partial charge >= 0.3 is 0 Å². The second-order valence-corrected chi connectivity index (χ2v) is 5.54. The average Bonchev–Trinajstić information content (AvgIpc) is 1.81. The van der Waals surface area contributed by atoms with Crippen LogP contribution in [-0.4, -0.2) is 21.6 Å². The van der Waals surface area contributed by atoms with Crippen LogP contribution >= 0.6 is 0 Å². The van der Waals surface area contributed by atoms with E-state index in [9.17, 15) is 8.60 Å². The first-order chi connectivity index (χ1) is 4.81. The van der Waals surface area contributed by atoms with Crippen LogP contribution in [0.1, 0.15) is 27.2 Å². The molecule has 0 saturated carbocycles. The molecule has 0 heterocycles. The highest BCUT2D eigenvalue weighted by Gasteiger charge is 2.26. The Morgan fingerprint density at radius 2 is 2.09 bits per heavy atom. The van der Waals surface area contributed by atoms with Gasteiger partial charge in [-0.15, -0.1) is 0 Å². The van der Waals surface area contributed by atoms with Gasteiger partial charge in [-0.2, -0.15) is 0 Å². The van der Waals surface area contributed by atoms with E-state index in [4.69, 9.17) is 0 Å². The van der Waals surface area contributed by atoms with E-state index < -0.39 is 14.7 Å². The summed E-state index contributed by atoms with van der Waals surface area (Å²) in [4.78, 5) is 0. The number of hydrogen-bond donors (Lipinski definition) is 1. The highest BCUT2D eigenvalue weighted by atomic mass is 32.2. The molecule has 0 aromatic heterocycles. The molecule has 0 fully saturated rings. The van der Waals surface area contributed by atoms with Gasteiger partial charge in [0.15, 0.2) is 5.00 Å². The fourth-order valence-electron chi connectivity index (χ4n) is 0.439. The van der Waals surface area contributed by atoms with Gasteiger partial charge in [0.05, 0.1) is 9.71 Å². The zero-order valence-corrected chi connectivity index (χ0v) is 8.13. The molecule has 0 rings (SSSR count). The zero-order chi connectivity index (χ0) is 9.12. The SMILES string of the molecule is C=S(=O)(NCCC)C(C)(C)F. The minimum atomic E-state index is -2.78. The molecule has 0 aromatic carbocycles. The van der Waals surface area contributed by atoms with Crippen LogP contribution in [0.2, 0.25) is 0 Å². The van der Waals surface area contributed by atoms with E-state index in [0.29, 0.717) is 6.54 Å². The molecular formula is C7H16FNOS. The molecule has 0 spiro atoms. The van der Waals surface area contributed by atoms with Gasteiger partial charge in [-0.05, 0) is 26.1 Å². The van der Waals surface area contributed by atoms with Crippen molar-refractivity contribution >= 4 is 15.6 Å². The van der Waals surface area contributed by atoms with Crippen molar-refractivity contribution in [1.82, 2.24) is 4.72 Å². The van der Waals surface area contributed by atoms with Crippen LogP contribution in [0.4, 0.5) is 4.39 Å². The molecule has 0 aliphatic rings. The molecule has 0 amide bonds. The minimum absolute atomic E-state index is 0.537. The summed E-state index contributed by atoms with van der Waals surface area (Å²) in [6.07, 6.45) is 0.822. The third kappa shape index (κ3) is 3.20. The molecule has 0 bridgehead atoms. The topological polar surface area (TPSA) is 29.1 Å². The fraction of sp³-hybridized carbons (Fsp3) is 0.857. The Balaban J connectivity index is 4.26. The predicted molar refractivity (Wildman–Crippen MR) is 48.7 cm³/mol. The molecule has 0 aromatic rings. The number of nitrogens with one attached hydrogen (secondary N) is 1. The van der Waals surface area contributed by atoms with Crippen molar-refractivity contribution in [2.45, 2.75) is 32.2 Å². The maximum atomic E-state index is 13.1. The molecule has 1 atom stereocenters. The van der Waals surface area contributed by atoms with Crippen LogP contribution in [-0.2, 0) is 9.71 Å². The van der Waals surface area contributed by atoms with E-state index in [-0.39, 0.29) is 0 Å². The Bertz CT molecular complexity index is 203. The molecule has 0 aliphatic heterocycles. The van der Waals surface area contributed by atoms with Crippen LogP contribution in [0.15, 0.2) is 0 Å². The predicted octanol–water partition coefficient (Wildman–Crippen LogP) is 1.32. The molecule has 1 unspecified atom stereocenters. The quantitative estimate of drug-likeness (QED) is 0.651. The van der Waals surface area contributed by atoms with Crippen molar-refractivity contribution in [3.8, 4) is 0 Å². The summed E-state index contributed by atoms with van der Waals surface area (Å²) >= 11 is 0. The molecule has 0 aliphatic carbocycles. The third-order valence-electron chi connectivity index (χ3n) is 1.37. The van der Waals surface area contributed by atoms with Crippen LogP contribution in [0.3, 0.4) is 0 Å². The van der Waals surface area contributed by atoms with Gasteiger partial charge in [0.1, 0.15) is 0 Å². The summed E-state index contributed by atoms with van der Waals surface area (Å²) in [5.74, 6) is 3.32. The second kappa shape index (κ2) is 3.54. The normalized spacial score (nSPS) is 17.8. The first kappa shape index (κ1) is 10.9. The highest BCUT2D eigenvalue weighted by molar-refractivity contribution is 7.99. The van der Waals surface area contributed by atoms with Gasteiger partial charge in [-0.3, -0.25) is 0 Å². The van der Waals surface area contributed by atoms with E-state index in [2.05, 4.69) is 10.6 Å². The smallest absolute Gasteiger partial charge is 0.184 e. The summed E-state index contributed by atoms with van der Waals surface area (Å²) in [6.45, 7) is 5.00. The third-order valence-corrected chi connectivity index (χ3v) is 3.61. The molecule has 1 N–H and O–H groups in total. The van der Waals surface area contributed by atoms with Crippen molar-refractivity contribution in [3.63, 3.8) is 0 Å². The van der Waals surface area contributed by atoms with E-state index in [0.717, 1.165) is 6.42 Å². The monoisotopic (exact) mass is 181 g/mol. The standard InChI is InChI=1S/C7H16FNOS/c1-5-6-9-11(4,10)7(2,3)8/h4-6H2,1-3H3,(H,9,10). The summed E-state index contributed by atoms with van der Waals surface area (Å²) in [7, 11) is -2.78. The lowest BCUT2D eigenvalue weighted by molar-refractivity contribution is 0.330. The Hall–Kier alpha value is -0.0900. The van der Waals surface area contributed by atoms with Gasteiger partial charge in [-0.25, -0.2) is 13.3 Å². The van der Waals surface area contributed by atoms with Crippen molar-refractivity contribution in [3.05, 3.63) is 0 Å². The lowest BCUT2D eigenvalue weighted by atomic mass is 10.5. The van der Waals surface area contributed by atoms with Crippen LogP contribution in [0, 0.1) is 0 Å². The van der Waals surface area contributed by atoms with Crippen LogP contribution in [0.25, 0.3) is 0 Å². The molecule has 4 heteroatoms. The van der Waals surface area contributed by atoms with Gasteiger partial charge in [0.25, 0.3) is 0 Å². The van der Waals surface area contributed by atoms with E-state index in [1.165, 1.54) is 13.8 Å². The summed E-state index contributed by atoms with van der Waals surface area (Å²) in [6, 6.07) is 0. The van der Waals surface area contributed by atoms with Crippen LogP contribution < -0.4 is 4.72 Å². The van der Waals surface area contributed by atoms with Crippen molar-refractivity contribution < 1.29 is 8.60 Å². The van der Waals surface area contributed by atoms with Gasteiger partial charge in [0.2, 0.25) is 0 Å². The van der Waals surface area contributed by atoms with Crippen LogP contribution in [0.5, 0.6) is 0 Å². The summed E-state index contributed by atoms with van der Waals surface area (Å²) in [5, 5.41) is -1.75. The highest BCUT2D eigenvalue weighted by Crippen LogP contribution is 2.15. The Labute approximate surface area is 68.3 Å². The number of rotatable bonds is 4. The first-order valence-corrected chi connectivity index (χ1v) is 5.34. The largest absolute Gasteiger partial charge is 0.250 e. The lowest BCUT2D eigenvalue weighted by Crippen LogP contribution is -2.38. The number of alkyl halides is 1. The summed E-state index contributed by atoms with van der Waals surface area (Å²) in [5.41, 5.74) is 0. The molecular weight excluding hydrogens is 165 g/mol. The molecule has 11 heavy (non-hydrogen) atoms. The minimum Gasteiger partial charge on any atom is -0.250 e. The van der Waals surface area contributed by atoms with Crippen molar-refractivity contribution in [1.29, 1.82) is 0 Å². The Morgan fingerprint density at radius 3 is 2.36 bits per heavy atom. The molecule has 0 radical (unpaired) electrons. The van der Waals surface area contributed by atoms with E-state index in [1.807, 2.05) is 6.92 Å². The number of hydrogen-bond acceptors (Lipinski definition) is 1. The Kier molecular flexibility index (Phi) is 3.51. The van der Waals surface area contributed by atoms with Gasteiger partial charge < -0.3 is 0 Å². The van der Waals surface area contributed by atoms with E-state index >= 15 is 0 Å². The van der Waals surface area contributed by atoms with E-state index in [1.54, 1.807) is 0 Å². The molecule has 0 saturated heterocycles. The Morgan fingerprint density at radius 1 is 1.64 bits per heavy atom. The maximum absolute atomic E-state index is 13.1. The lowest BCUT2D eigenvalue weighted by Gasteiger charge is -2.20. The maximum Gasteiger partial charge on any atom is 0.184 e. The molecule has 2 nitrogen and oxygen atoms in total. The van der Waals surface area contributed by atoms with Gasteiger partial charge in [-0.1, -0.05) is 6.92 Å². The van der Waals surface area contributed by atoms with Crippen molar-refractivity contribution in [2.75, 3.05) is 6.54 Å². The number of halogens is 1. The van der Waals surface area contributed by atoms with Crippen molar-refractivity contribution in [2.24, 2.45) is 0 Å². The fourth-order valence-corrected chi connectivity index (χ4v) is 1.32. The van der Waals surface area contributed by atoms with Gasteiger partial charge in [0, 0.05) is 6.54 Å². The summed E-state index contributed by atoms with van der Waals surface area (Å²) < 4.78 is 27.0. The zero-order valence-electron chi connectivity index (χ0n) is 7.32.